The van der Waals surface area contributed by atoms with Gasteiger partial charge < -0.3 is 5.11 Å². The van der Waals surface area contributed by atoms with Crippen LogP contribution < -0.4 is 0 Å². The molecule has 2 fully saturated rings. The van der Waals surface area contributed by atoms with Gasteiger partial charge in [-0.3, -0.25) is 0 Å². The number of aliphatic hydroxyl groups is 1. The normalized spacial score (nSPS) is 30.6. The SMILES string of the molecule is CS(=O)(=O)N1CCCC(CC2(O)CCCC2)C1. The van der Waals surface area contributed by atoms with E-state index in [1.54, 1.807) is 4.31 Å². The van der Waals surface area contributed by atoms with Gasteiger partial charge in [0, 0.05) is 13.1 Å². The predicted molar refractivity (Wildman–Crippen MR) is 67.2 cm³/mol. The van der Waals surface area contributed by atoms with Crippen LogP contribution in [0.1, 0.15) is 44.9 Å². The molecule has 1 unspecified atom stereocenters. The van der Waals surface area contributed by atoms with Crippen LogP contribution in [0.3, 0.4) is 0 Å². The number of hydrogen-bond donors (Lipinski definition) is 1. The Morgan fingerprint density at radius 2 is 1.94 bits per heavy atom. The van der Waals surface area contributed by atoms with E-state index in [9.17, 15) is 13.5 Å². The first kappa shape index (κ1) is 13.3. The Labute approximate surface area is 104 Å². The van der Waals surface area contributed by atoms with Crippen LogP contribution in [0.2, 0.25) is 0 Å². The number of rotatable bonds is 3. The Bertz CT molecular complexity index is 360. The van der Waals surface area contributed by atoms with Crippen LogP contribution in [0.5, 0.6) is 0 Å². The molecule has 1 heterocycles. The van der Waals surface area contributed by atoms with Crippen molar-refractivity contribution in [3.8, 4) is 0 Å². The molecule has 0 aromatic heterocycles. The highest BCUT2D eigenvalue weighted by atomic mass is 32.2. The maximum Gasteiger partial charge on any atom is 0.211 e. The van der Waals surface area contributed by atoms with Crippen molar-refractivity contribution in [2.75, 3.05) is 19.3 Å². The monoisotopic (exact) mass is 261 g/mol. The van der Waals surface area contributed by atoms with Gasteiger partial charge in [0.25, 0.3) is 0 Å². The topological polar surface area (TPSA) is 57.6 Å². The Morgan fingerprint density at radius 3 is 2.53 bits per heavy atom. The van der Waals surface area contributed by atoms with Gasteiger partial charge in [-0.1, -0.05) is 12.8 Å². The van der Waals surface area contributed by atoms with Gasteiger partial charge in [-0.2, -0.15) is 0 Å². The molecule has 0 aromatic rings. The van der Waals surface area contributed by atoms with Gasteiger partial charge in [-0.05, 0) is 38.0 Å². The minimum Gasteiger partial charge on any atom is -0.390 e. The highest BCUT2D eigenvalue weighted by Crippen LogP contribution is 2.37. The van der Waals surface area contributed by atoms with Crippen molar-refractivity contribution < 1.29 is 13.5 Å². The zero-order valence-corrected chi connectivity index (χ0v) is 11.4. The number of nitrogens with zero attached hydrogens (tertiary/aromatic N) is 1. The van der Waals surface area contributed by atoms with Crippen LogP contribution in [0, 0.1) is 5.92 Å². The van der Waals surface area contributed by atoms with E-state index in [-0.39, 0.29) is 0 Å². The van der Waals surface area contributed by atoms with Gasteiger partial charge in [0.05, 0.1) is 11.9 Å². The summed E-state index contributed by atoms with van der Waals surface area (Å²) in [5.74, 6) is 0.335. The quantitative estimate of drug-likeness (QED) is 0.834. The third kappa shape index (κ3) is 3.42. The van der Waals surface area contributed by atoms with E-state index in [2.05, 4.69) is 0 Å². The summed E-state index contributed by atoms with van der Waals surface area (Å²) in [6.07, 6.45) is 8.03. The van der Waals surface area contributed by atoms with Crippen LogP contribution >= 0.6 is 0 Å². The van der Waals surface area contributed by atoms with E-state index in [4.69, 9.17) is 0 Å². The Morgan fingerprint density at radius 1 is 1.29 bits per heavy atom. The third-order valence-corrected chi connectivity index (χ3v) is 5.42. The molecule has 0 aromatic carbocycles. The summed E-state index contributed by atoms with van der Waals surface area (Å²) in [6.45, 7) is 1.24. The van der Waals surface area contributed by atoms with Crippen molar-refractivity contribution in [1.82, 2.24) is 4.31 Å². The van der Waals surface area contributed by atoms with Crippen molar-refractivity contribution in [2.24, 2.45) is 5.92 Å². The van der Waals surface area contributed by atoms with Crippen molar-refractivity contribution in [2.45, 2.75) is 50.5 Å². The third-order valence-electron chi connectivity index (χ3n) is 4.15. The smallest absolute Gasteiger partial charge is 0.211 e. The van der Waals surface area contributed by atoms with Gasteiger partial charge in [0.1, 0.15) is 0 Å². The van der Waals surface area contributed by atoms with Gasteiger partial charge in [-0.25, -0.2) is 12.7 Å². The van der Waals surface area contributed by atoms with Crippen LogP contribution in [-0.4, -0.2) is 42.8 Å². The number of piperidine rings is 1. The highest BCUT2D eigenvalue weighted by Gasteiger charge is 2.36. The lowest BCUT2D eigenvalue weighted by Crippen LogP contribution is -2.41. The van der Waals surface area contributed by atoms with Crippen LogP contribution in [0.15, 0.2) is 0 Å². The molecule has 4 nitrogen and oxygen atoms in total. The fourth-order valence-electron chi connectivity index (χ4n) is 3.27. The molecule has 1 aliphatic heterocycles. The summed E-state index contributed by atoms with van der Waals surface area (Å²) in [4.78, 5) is 0. The molecule has 1 aliphatic carbocycles. The van der Waals surface area contributed by atoms with E-state index < -0.39 is 15.6 Å². The minimum absolute atomic E-state index is 0.335. The van der Waals surface area contributed by atoms with E-state index in [0.29, 0.717) is 19.0 Å². The van der Waals surface area contributed by atoms with Gasteiger partial charge >= 0.3 is 0 Å². The molecule has 0 spiro atoms. The van der Waals surface area contributed by atoms with Crippen molar-refractivity contribution in [3.05, 3.63) is 0 Å². The Balaban J connectivity index is 1.94. The van der Waals surface area contributed by atoms with E-state index in [1.807, 2.05) is 0 Å². The zero-order chi connectivity index (χ0) is 12.5. The second-order valence-electron chi connectivity index (χ2n) is 5.76. The Kier molecular flexibility index (Phi) is 3.80. The standard InChI is InChI=1S/C12H23NO3S/c1-17(15,16)13-8-4-5-11(10-13)9-12(14)6-2-3-7-12/h11,14H,2-10H2,1H3. The van der Waals surface area contributed by atoms with E-state index in [0.717, 1.165) is 44.9 Å². The number of hydrogen-bond acceptors (Lipinski definition) is 3. The van der Waals surface area contributed by atoms with Gasteiger partial charge in [-0.15, -0.1) is 0 Å². The molecule has 2 aliphatic rings. The average molecular weight is 261 g/mol. The van der Waals surface area contributed by atoms with Crippen LogP contribution in [-0.2, 0) is 10.0 Å². The molecule has 0 bridgehead atoms. The second-order valence-corrected chi connectivity index (χ2v) is 7.75. The summed E-state index contributed by atoms with van der Waals surface area (Å²) >= 11 is 0. The van der Waals surface area contributed by atoms with Crippen molar-refractivity contribution in [3.63, 3.8) is 0 Å². The molecule has 1 saturated heterocycles. The van der Waals surface area contributed by atoms with Crippen molar-refractivity contribution in [1.29, 1.82) is 0 Å². The lowest BCUT2D eigenvalue weighted by atomic mass is 9.85. The van der Waals surface area contributed by atoms with Crippen LogP contribution in [0.4, 0.5) is 0 Å². The molecule has 100 valence electrons. The maximum atomic E-state index is 11.5. The van der Waals surface area contributed by atoms with E-state index in [1.165, 1.54) is 6.26 Å². The molecule has 5 heteroatoms. The zero-order valence-electron chi connectivity index (χ0n) is 10.6. The summed E-state index contributed by atoms with van der Waals surface area (Å²) < 4.78 is 24.6. The predicted octanol–water partition coefficient (Wildman–Crippen LogP) is 1.35. The lowest BCUT2D eigenvalue weighted by molar-refractivity contribution is 0.0142. The fraction of sp³-hybridized carbons (Fsp3) is 1.00. The first-order valence-corrected chi connectivity index (χ1v) is 8.41. The summed E-state index contributed by atoms with van der Waals surface area (Å²) in [6, 6.07) is 0. The first-order valence-electron chi connectivity index (χ1n) is 6.57. The molecule has 0 amide bonds. The summed E-state index contributed by atoms with van der Waals surface area (Å²) in [7, 11) is -3.06. The molecular weight excluding hydrogens is 238 g/mol. The largest absolute Gasteiger partial charge is 0.390 e. The Hall–Kier alpha value is -0.130. The molecule has 17 heavy (non-hydrogen) atoms. The first-order chi connectivity index (χ1) is 7.89. The number of sulfonamides is 1. The molecule has 0 radical (unpaired) electrons. The summed E-state index contributed by atoms with van der Waals surface area (Å²) in [5.41, 5.74) is -0.509. The molecule has 1 atom stereocenters. The molecule has 1 N–H and O–H groups in total. The minimum atomic E-state index is -3.06. The molecular formula is C12H23NO3S. The molecule has 2 rings (SSSR count). The summed E-state index contributed by atoms with van der Waals surface area (Å²) in [5, 5.41) is 10.4. The fourth-order valence-corrected chi connectivity index (χ4v) is 4.21. The maximum absolute atomic E-state index is 11.5. The molecule has 1 saturated carbocycles. The van der Waals surface area contributed by atoms with Crippen molar-refractivity contribution >= 4 is 10.0 Å². The van der Waals surface area contributed by atoms with Gasteiger partial charge in [0.15, 0.2) is 0 Å². The van der Waals surface area contributed by atoms with E-state index >= 15 is 0 Å². The van der Waals surface area contributed by atoms with Gasteiger partial charge in [0.2, 0.25) is 10.0 Å². The lowest BCUT2D eigenvalue weighted by Gasteiger charge is -2.35. The average Bonchev–Trinajstić information content (AvgIpc) is 2.64. The second kappa shape index (κ2) is 4.86. The van der Waals surface area contributed by atoms with Crippen LogP contribution in [0.25, 0.3) is 0 Å². The highest BCUT2D eigenvalue weighted by molar-refractivity contribution is 7.88.